The van der Waals surface area contributed by atoms with Crippen LogP contribution >= 0.6 is 0 Å². The Bertz CT molecular complexity index is 2390. The number of carbonyl (C=O) groups excluding carboxylic acids is 4. The summed E-state index contributed by atoms with van der Waals surface area (Å²) < 4.78 is 11.0. The Morgan fingerprint density at radius 2 is 0.969 bits per heavy atom. The maximum atomic E-state index is 14.1. The van der Waals surface area contributed by atoms with Gasteiger partial charge in [0.2, 0.25) is 0 Å². The van der Waals surface area contributed by atoms with Crippen LogP contribution in [0.5, 0.6) is 0 Å². The largest absolute Gasteiger partial charge is 0.444 e. The molecule has 4 unspecified atom stereocenters. The third-order valence-electron chi connectivity index (χ3n) is 10.5. The highest BCUT2D eigenvalue weighted by atomic mass is 16.6. The van der Waals surface area contributed by atoms with Crippen LogP contribution in [0.1, 0.15) is 137 Å². The van der Waals surface area contributed by atoms with Crippen LogP contribution in [-0.2, 0) is 19.1 Å². The zero-order valence-corrected chi connectivity index (χ0v) is 37.0. The van der Waals surface area contributed by atoms with Crippen molar-refractivity contribution in [3.63, 3.8) is 0 Å². The molecule has 4 atom stereocenters. The molecule has 64 heavy (non-hydrogen) atoms. The van der Waals surface area contributed by atoms with Gasteiger partial charge in [-0.2, -0.15) is 0 Å². The smallest absolute Gasteiger partial charge is 0.408 e. The Morgan fingerprint density at radius 1 is 0.594 bits per heavy atom. The molecule has 14 heteroatoms. The van der Waals surface area contributed by atoms with Gasteiger partial charge in [-0.15, -0.1) is 0 Å². The molecule has 3 aromatic carbocycles. The average molecular weight is 863 g/mol. The number of aromatic nitrogens is 4. The maximum absolute atomic E-state index is 14.1. The topological polar surface area (TPSA) is 175 Å². The second-order valence-corrected chi connectivity index (χ2v) is 17.8. The number of alkyl carbamates (subject to hydrolysis) is 2. The van der Waals surface area contributed by atoms with Crippen LogP contribution in [0.4, 0.5) is 9.59 Å². The lowest BCUT2D eigenvalue weighted by atomic mass is 10.0. The van der Waals surface area contributed by atoms with Crippen LogP contribution in [0.3, 0.4) is 0 Å². The first kappa shape index (κ1) is 44.7. The van der Waals surface area contributed by atoms with E-state index in [9.17, 15) is 19.2 Å². The number of rotatable bonds is 8. The number of hydrogen-bond acceptors (Lipinski definition) is 8. The van der Waals surface area contributed by atoms with E-state index in [1.807, 2.05) is 84.9 Å². The summed E-state index contributed by atoms with van der Waals surface area (Å²) in [7, 11) is 0. The second kappa shape index (κ2) is 19.4. The van der Waals surface area contributed by atoms with E-state index in [4.69, 9.17) is 9.47 Å². The number of hydrogen-bond donors (Lipinski definition) is 4. The van der Waals surface area contributed by atoms with E-state index in [2.05, 4.69) is 54.3 Å². The quantitative estimate of drug-likeness (QED) is 0.114. The van der Waals surface area contributed by atoms with Crippen molar-refractivity contribution in [2.45, 2.75) is 103 Å². The molecule has 330 valence electrons. The van der Waals surface area contributed by atoms with Gasteiger partial charge in [-0.05, 0) is 114 Å². The van der Waals surface area contributed by atoms with Crippen molar-refractivity contribution < 1.29 is 28.7 Å². The van der Waals surface area contributed by atoms with Crippen LogP contribution in [0.2, 0.25) is 0 Å². The molecule has 14 nitrogen and oxygen atoms in total. The number of amides is 4. The first-order valence-corrected chi connectivity index (χ1v) is 21.5. The Labute approximate surface area is 373 Å². The monoisotopic (exact) mass is 862 g/mol. The number of likely N-dealkylation sites (tertiary alicyclic amines) is 2. The zero-order chi connectivity index (χ0) is 45.4. The Hall–Kier alpha value is -7.32. The molecule has 2 fully saturated rings. The molecule has 2 aliphatic heterocycles. The first-order chi connectivity index (χ1) is 30.6. The Morgan fingerprint density at radius 3 is 1.33 bits per heavy atom. The average Bonchev–Trinajstić information content (AvgIpc) is 4.10. The predicted molar refractivity (Wildman–Crippen MR) is 240 cm³/mol. The summed E-state index contributed by atoms with van der Waals surface area (Å²) in [5.41, 5.74) is 2.66. The summed E-state index contributed by atoms with van der Waals surface area (Å²) >= 11 is 0. The molecule has 0 spiro atoms. The van der Waals surface area contributed by atoms with Crippen LogP contribution in [0.25, 0.3) is 0 Å². The molecule has 2 aliphatic rings. The fraction of sp³-hybridized carbons (Fsp3) is 0.360. The van der Waals surface area contributed by atoms with Crippen LogP contribution in [-0.4, -0.2) is 78.0 Å². The van der Waals surface area contributed by atoms with E-state index in [1.54, 1.807) is 63.7 Å². The van der Waals surface area contributed by atoms with Gasteiger partial charge in [-0.25, -0.2) is 19.6 Å². The highest BCUT2D eigenvalue weighted by Gasteiger charge is 2.39. The SMILES string of the molecule is CC(C)(C)OC(=O)NC(C(=O)N1CCCC1c1ncc(C#Cc2ccc(C#Cc3cnc(C4CCCN4C(=O)C(NC(=O)OC(C)(C)C)c4ccccc4)[nH]3)cc2)[nH]1)c1ccccc1. The third kappa shape index (κ3) is 11.6. The van der Waals surface area contributed by atoms with Gasteiger partial charge >= 0.3 is 12.2 Å². The maximum Gasteiger partial charge on any atom is 0.408 e. The molecule has 4 amide bonds. The standard InChI is InChI=1S/C50H54N8O6/c1-49(2,3)63-47(61)55-41(35-15-9-7-10-16-35)45(59)57-29-13-19-39(57)43-51-31-37(53-43)27-25-33-21-23-34(24-22-33)26-28-38-32-52-44(54-38)40-20-14-30-58(40)46(60)42(36-17-11-8-12-18-36)56-48(62)64-50(4,5)6/h7-12,15-18,21-24,31-32,39-42H,13-14,19-20,29-30H2,1-6H3,(H,51,53)(H,52,54)(H,55,61)(H,56,62). The molecule has 4 N–H and O–H groups in total. The number of carbonyl (C=O) groups is 4. The van der Waals surface area contributed by atoms with E-state index in [-0.39, 0.29) is 23.9 Å². The van der Waals surface area contributed by atoms with Crippen LogP contribution < -0.4 is 10.6 Å². The normalized spacial score (nSPS) is 17.0. The van der Waals surface area contributed by atoms with Gasteiger partial charge in [0.15, 0.2) is 0 Å². The summed E-state index contributed by atoms with van der Waals surface area (Å²) in [6, 6.07) is 23.4. The van der Waals surface area contributed by atoms with Gasteiger partial charge < -0.3 is 39.9 Å². The van der Waals surface area contributed by atoms with Gasteiger partial charge in [-0.1, -0.05) is 72.5 Å². The molecule has 0 aliphatic carbocycles. The molecule has 7 rings (SSSR count). The summed E-state index contributed by atoms with van der Waals surface area (Å²) in [5.74, 6) is 13.4. The first-order valence-electron chi connectivity index (χ1n) is 21.5. The third-order valence-corrected chi connectivity index (χ3v) is 10.5. The molecular formula is C50H54N8O6. The lowest BCUT2D eigenvalue weighted by Gasteiger charge is -2.29. The zero-order valence-electron chi connectivity index (χ0n) is 37.0. The van der Waals surface area contributed by atoms with E-state index in [0.717, 1.165) is 24.0 Å². The highest BCUT2D eigenvalue weighted by Crippen LogP contribution is 2.34. The van der Waals surface area contributed by atoms with E-state index >= 15 is 0 Å². The van der Waals surface area contributed by atoms with E-state index in [0.29, 0.717) is 60.1 Å². The molecule has 2 saturated heterocycles. The number of imidazole rings is 2. The van der Waals surface area contributed by atoms with Gasteiger partial charge in [0, 0.05) is 24.2 Å². The van der Waals surface area contributed by atoms with Crippen LogP contribution in [0.15, 0.2) is 97.3 Å². The van der Waals surface area contributed by atoms with Gasteiger partial charge in [0.1, 0.15) is 46.3 Å². The van der Waals surface area contributed by atoms with Crippen molar-refractivity contribution in [3.8, 4) is 23.7 Å². The summed E-state index contributed by atoms with van der Waals surface area (Å²) in [4.78, 5) is 73.1. The molecule has 5 aromatic rings. The van der Waals surface area contributed by atoms with Crippen molar-refractivity contribution in [1.29, 1.82) is 0 Å². The van der Waals surface area contributed by atoms with Gasteiger partial charge in [0.05, 0.1) is 24.5 Å². The minimum absolute atomic E-state index is 0.240. The minimum Gasteiger partial charge on any atom is -0.444 e. The lowest BCUT2D eigenvalue weighted by molar-refractivity contribution is -0.135. The number of benzene rings is 3. The second-order valence-electron chi connectivity index (χ2n) is 17.8. The van der Waals surface area contributed by atoms with Crippen molar-refractivity contribution in [1.82, 2.24) is 40.4 Å². The highest BCUT2D eigenvalue weighted by molar-refractivity contribution is 5.88. The minimum atomic E-state index is -0.924. The van der Waals surface area contributed by atoms with Gasteiger partial charge in [-0.3, -0.25) is 9.59 Å². The van der Waals surface area contributed by atoms with Crippen molar-refractivity contribution in [2.24, 2.45) is 0 Å². The molecular weight excluding hydrogens is 809 g/mol. The van der Waals surface area contributed by atoms with Crippen molar-refractivity contribution in [2.75, 3.05) is 13.1 Å². The van der Waals surface area contributed by atoms with E-state index < -0.39 is 35.5 Å². The molecule has 0 bridgehead atoms. The van der Waals surface area contributed by atoms with E-state index in [1.165, 1.54) is 0 Å². The molecule has 0 saturated carbocycles. The fourth-order valence-corrected chi connectivity index (χ4v) is 7.73. The number of nitrogens with zero attached hydrogens (tertiary/aromatic N) is 4. The number of H-pyrrole nitrogens is 2. The van der Waals surface area contributed by atoms with Crippen molar-refractivity contribution in [3.05, 3.63) is 143 Å². The van der Waals surface area contributed by atoms with Gasteiger partial charge in [0.25, 0.3) is 11.8 Å². The number of aromatic amines is 2. The molecule has 0 radical (unpaired) electrons. The molecule has 2 aromatic heterocycles. The predicted octanol–water partition coefficient (Wildman–Crippen LogP) is 7.79. The van der Waals surface area contributed by atoms with Crippen molar-refractivity contribution >= 4 is 24.0 Å². The molecule has 4 heterocycles. The number of nitrogens with one attached hydrogen (secondary N) is 4. The fourth-order valence-electron chi connectivity index (χ4n) is 7.73. The lowest BCUT2D eigenvalue weighted by Crippen LogP contribution is -2.44. The Balaban J connectivity index is 0.980. The Kier molecular flexibility index (Phi) is 13.5. The summed E-state index contributed by atoms with van der Waals surface area (Å²) in [6.45, 7) is 11.7. The summed E-state index contributed by atoms with van der Waals surface area (Å²) in [6.07, 6.45) is 5.00. The van der Waals surface area contributed by atoms with Crippen LogP contribution in [0, 0.1) is 23.7 Å². The summed E-state index contributed by atoms with van der Waals surface area (Å²) in [5, 5.41) is 5.58. The number of ether oxygens (including phenoxy) is 2.